The zero-order valence-electron chi connectivity index (χ0n) is 18.0. The number of anilines is 3. The minimum absolute atomic E-state index is 0.0988. The Morgan fingerprint density at radius 2 is 0.658 bits per heavy atom. The van der Waals surface area contributed by atoms with Crippen LogP contribution in [0.4, 0.5) is 17.1 Å². The number of rotatable bonds is 9. The molecule has 0 unspecified atom stereocenters. The fourth-order valence-corrected chi connectivity index (χ4v) is 6.66. The number of nitrogens with zero attached hydrogens (tertiary/aromatic N) is 3. The molecule has 0 bridgehead atoms. The van der Waals surface area contributed by atoms with E-state index in [4.69, 9.17) is 136 Å². The van der Waals surface area contributed by atoms with Crippen molar-refractivity contribution in [2.24, 2.45) is 17.5 Å². The van der Waals surface area contributed by atoms with Crippen LogP contribution in [-0.2, 0) is 18.4 Å². The number of hydrogen-bond acceptors (Lipinski definition) is 10. The SMILES string of the molecule is NN(OP(=O)(ON(N)c1c(Cl)cc(Cl)cc1Cl)ON(N)c1c(Cl)cc(Cl)cc1Cl)c1c(Cl)cc(Cl)cc1Cl. The van der Waals surface area contributed by atoms with Crippen LogP contribution in [0.3, 0.4) is 0 Å². The largest absolute Gasteiger partial charge is 0.543 e. The van der Waals surface area contributed by atoms with Gasteiger partial charge in [0.25, 0.3) is 0 Å². The summed E-state index contributed by atoms with van der Waals surface area (Å²) in [5, 5.41) is 1.05. The molecule has 0 heterocycles. The summed E-state index contributed by atoms with van der Waals surface area (Å²) < 4.78 is 29.6. The summed E-state index contributed by atoms with van der Waals surface area (Å²) in [4.78, 5) is 0. The van der Waals surface area contributed by atoms with Gasteiger partial charge < -0.3 is 0 Å². The Bertz CT molecular complexity index is 1190. The number of nitrogens with two attached hydrogens (primary N) is 3. The molecule has 0 spiro atoms. The van der Waals surface area contributed by atoms with Gasteiger partial charge >= 0.3 is 7.82 Å². The van der Waals surface area contributed by atoms with Crippen molar-refractivity contribution in [3.63, 3.8) is 0 Å². The zero-order valence-corrected chi connectivity index (χ0v) is 25.7. The molecular weight excluding hydrogens is 714 g/mol. The molecule has 0 aromatic heterocycles. The van der Waals surface area contributed by atoms with E-state index in [0.29, 0.717) is 15.5 Å². The third-order valence-electron chi connectivity index (χ3n) is 4.17. The first-order valence-electron chi connectivity index (χ1n) is 9.39. The molecule has 0 aliphatic carbocycles. The normalized spacial score (nSPS) is 11.6. The first kappa shape index (κ1) is 32.2. The molecule has 3 aromatic carbocycles. The van der Waals surface area contributed by atoms with E-state index in [1.54, 1.807) is 0 Å². The van der Waals surface area contributed by atoms with Crippen molar-refractivity contribution < 1.29 is 18.4 Å². The third kappa shape index (κ3) is 7.69. The van der Waals surface area contributed by atoms with Crippen molar-refractivity contribution >= 4 is 129 Å². The monoisotopic (exact) mass is 722 g/mol. The lowest BCUT2D eigenvalue weighted by molar-refractivity contribution is 0.0861. The van der Waals surface area contributed by atoms with E-state index in [2.05, 4.69) is 0 Å². The third-order valence-corrected chi connectivity index (χ3v) is 7.68. The second-order valence-electron chi connectivity index (χ2n) is 6.82. The molecule has 0 saturated carbocycles. The van der Waals surface area contributed by atoms with Crippen molar-refractivity contribution in [1.29, 1.82) is 0 Å². The average molecular weight is 726 g/mol. The Kier molecular flexibility index (Phi) is 11.1. The summed E-state index contributed by atoms with van der Waals surface area (Å²) in [6.07, 6.45) is 0. The lowest BCUT2D eigenvalue weighted by Gasteiger charge is -2.30. The highest BCUT2D eigenvalue weighted by molar-refractivity contribution is 7.48. The van der Waals surface area contributed by atoms with Gasteiger partial charge in [0.15, 0.2) is 0 Å². The Hall–Kier alpha value is -0.340. The molecule has 0 aliphatic heterocycles. The van der Waals surface area contributed by atoms with Crippen LogP contribution in [-0.4, -0.2) is 0 Å². The van der Waals surface area contributed by atoms with Crippen molar-refractivity contribution in [1.82, 2.24) is 0 Å². The molecule has 0 fully saturated rings. The lowest BCUT2D eigenvalue weighted by atomic mass is 10.3. The molecular formula is C18H12Cl9N6O4P. The number of hydrazine groups is 3. The van der Waals surface area contributed by atoms with Crippen molar-refractivity contribution in [3.05, 3.63) is 81.6 Å². The highest BCUT2D eigenvalue weighted by atomic mass is 35.5. The second kappa shape index (κ2) is 13.1. The van der Waals surface area contributed by atoms with Gasteiger partial charge in [-0.3, -0.25) is 0 Å². The number of benzene rings is 3. The predicted molar refractivity (Wildman–Crippen MR) is 155 cm³/mol. The maximum atomic E-state index is 13.9. The molecule has 206 valence electrons. The maximum absolute atomic E-state index is 13.9. The van der Waals surface area contributed by atoms with Crippen molar-refractivity contribution in [3.8, 4) is 0 Å². The highest BCUT2D eigenvalue weighted by Gasteiger charge is 2.39. The minimum atomic E-state index is -5.09. The Morgan fingerprint density at radius 3 is 0.842 bits per heavy atom. The molecule has 38 heavy (non-hydrogen) atoms. The van der Waals surface area contributed by atoms with E-state index in [1.807, 2.05) is 0 Å². The van der Waals surface area contributed by atoms with Crippen LogP contribution in [0.25, 0.3) is 0 Å². The van der Waals surface area contributed by atoms with Crippen molar-refractivity contribution in [2.75, 3.05) is 15.5 Å². The van der Waals surface area contributed by atoms with Crippen LogP contribution in [0.2, 0.25) is 45.2 Å². The van der Waals surface area contributed by atoms with E-state index in [9.17, 15) is 4.57 Å². The molecule has 3 aromatic rings. The minimum Gasteiger partial charge on any atom is -0.222 e. The summed E-state index contributed by atoms with van der Waals surface area (Å²) in [5.41, 5.74) is -0.577. The summed E-state index contributed by atoms with van der Waals surface area (Å²) in [6.45, 7) is 0. The summed E-state index contributed by atoms with van der Waals surface area (Å²) in [6, 6.07) is 7.70. The van der Waals surface area contributed by atoms with Crippen LogP contribution in [0.5, 0.6) is 0 Å². The van der Waals surface area contributed by atoms with Crippen molar-refractivity contribution in [2.45, 2.75) is 0 Å². The van der Waals surface area contributed by atoms with Crippen LogP contribution in [0, 0.1) is 0 Å². The van der Waals surface area contributed by atoms with Gasteiger partial charge in [-0.15, -0.1) is 13.9 Å². The first-order chi connectivity index (χ1) is 17.6. The first-order valence-corrected chi connectivity index (χ1v) is 14.3. The standard InChI is InChI=1S/C18H12Cl9N6O4P/c19-7-1-10(22)16(11(23)2-7)31(28)35-38(34,36-32(29)17-12(24)3-8(20)4-13(17)25)37-33(30)18-14(26)5-9(21)6-15(18)27/h1-6H,28-30H2. The van der Waals surface area contributed by atoms with Gasteiger partial charge in [-0.25, -0.2) is 22.1 Å². The van der Waals surface area contributed by atoms with Gasteiger partial charge in [0.05, 0.1) is 30.1 Å². The van der Waals surface area contributed by atoms with E-state index in [-0.39, 0.29) is 62.3 Å². The van der Waals surface area contributed by atoms with Crippen LogP contribution in [0.15, 0.2) is 36.4 Å². The topological polar surface area (TPSA) is 133 Å². The predicted octanol–water partition coefficient (Wildman–Crippen LogP) is 8.91. The Balaban J connectivity index is 2.03. The van der Waals surface area contributed by atoms with Gasteiger partial charge in [-0.1, -0.05) is 104 Å². The van der Waals surface area contributed by atoms with E-state index < -0.39 is 7.82 Å². The summed E-state index contributed by atoms with van der Waals surface area (Å²) >= 11 is 54.8. The molecule has 6 N–H and O–H groups in total. The van der Waals surface area contributed by atoms with Gasteiger partial charge in [-0.2, -0.15) is 15.5 Å². The van der Waals surface area contributed by atoms with Crippen LogP contribution >= 0.6 is 112 Å². The molecule has 3 rings (SSSR count). The zero-order chi connectivity index (χ0) is 28.5. The van der Waals surface area contributed by atoms with E-state index in [1.165, 1.54) is 36.4 Å². The van der Waals surface area contributed by atoms with Gasteiger partial charge in [0.2, 0.25) is 0 Å². The second-order valence-corrected chi connectivity index (χ2v) is 12.0. The molecule has 10 nitrogen and oxygen atoms in total. The Morgan fingerprint density at radius 1 is 0.474 bits per heavy atom. The molecule has 0 saturated heterocycles. The molecule has 20 heteroatoms. The van der Waals surface area contributed by atoms with Gasteiger partial charge in [0, 0.05) is 15.1 Å². The van der Waals surface area contributed by atoms with Crippen LogP contribution < -0.4 is 33.0 Å². The average Bonchev–Trinajstić information content (AvgIpc) is 2.70. The molecule has 0 amide bonds. The molecule has 0 aliphatic rings. The number of hydrogen-bond donors (Lipinski definition) is 3. The number of phosphoric acid groups is 1. The maximum Gasteiger partial charge on any atom is 0.543 e. The fourth-order valence-electron chi connectivity index (χ4n) is 2.73. The number of halogens is 9. The summed E-state index contributed by atoms with van der Waals surface area (Å²) in [5.74, 6) is 17.8. The van der Waals surface area contributed by atoms with Gasteiger partial charge in [0.1, 0.15) is 17.1 Å². The quantitative estimate of drug-likeness (QED) is 0.112. The molecule has 0 atom stereocenters. The summed E-state index contributed by atoms with van der Waals surface area (Å²) in [7, 11) is -5.09. The fraction of sp³-hybridized carbons (Fsp3) is 0. The van der Waals surface area contributed by atoms with E-state index in [0.717, 1.165) is 0 Å². The highest BCUT2D eigenvalue weighted by Crippen LogP contribution is 2.55. The Labute approximate surface area is 260 Å². The lowest BCUT2D eigenvalue weighted by Crippen LogP contribution is -2.39. The van der Waals surface area contributed by atoms with Crippen LogP contribution in [0.1, 0.15) is 0 Å². The smallest absolute Gasteiger partial charge is 0.222 e. The van der Waals surface area contributed by atoms with Gasteiger partial charge in [-0.05, 0) is 36.4 Å². The van der Waals surface area contributed by atoms with E-state index >= 15 is 0 Å². The molecule has 0 radical (unpaired) electrons.